The second kappa shape index (κ2) is 7.82. The van der Waals surface area contributed by atoms with Crippen LogP contribution in [0.5, 0.6) is 0 Å². The van der Waals surface area contributed by atoms with Crippen molar-refractivity contribution in [1.82, 2.24) is 15.5 Å². The summed E-state index contributed by atoms with van der Waals surface area (Å²) in [7, 11) is 0. The van der Waals surface area contributed by atoms with Gasteiger partial charge in [0, 0.05) is 38.4 Å². The molecule has 2 aliphatic heterocycles. The Balaban J connectivity index is 1.50. The van der Waals surface area contributed by atoms with Crippen LogP contribution in [-0.2, 0) is 9.59 Å². The lowest BCUT2D eigenvalue weighted by Gasteiger charge is -2.39. The highest BCUT2D eigenvalue weighted by molar-refractivity contribution is 5.89. The Bertz CT molecular complexity index is 614. The molecule has 2 N–H and O–H groups in total. The minimum Gasteiger partial charge on any atom is -0.369 e. The summed E-state index contributed by atoms with van der Waals surface area (Å²) in [6, 6.07) is 5.81. The lowest BCUT2D eigenvalue weighted by molar-refractivity contribution is -0.132. The van der Waals surface area contributed by atoms with Gasteiger partial charge in [-0.3, -0.25) is 14.5 Å². The first kappa shape index (κ1) is 17.7. The number of piperidine rings is 1. The van der Waals surface area contributed by atoms with Gasteiger partial charge in [-0.05, 0) is 44.0 Å². The van der Waals surface area contributed by atoms with Crippen LogP contribution in [0, 0.1) is 5.82 Å². The number of carbonyl (C=O) groups excluding carboxylic acids is 2. The molecule has 0 spiro atoms. The maximum Gasteiger partial charge on any atom is 0.242 e. The number of anilines is 1. The van der Waals surface area contributed by atoms with E-state index in [2.05, 4.69) is 20.4 Å². The minimum absolute atomic E-state index is 0.0899. The van der Waals surface area contributed by atoms with Crippen molar-refractivity contribution in [3.63, 3.8) is 0 Å². The van der Waals surface area contributed by atoms with E-state index in [1.54, 1.807) is 12.1 Å². The molecule has 2 saturated heterocycles. The fraction of sp³-hybridized carbons (Fsp3) is 0.556. The maximum atomic E-state index is 13.0. The van der Waals surface area contributed by atoms with Crippen molar-refractivity contribution in [2.45, 2.75) is 31.8 Å². The molecule has 2 fully saturated rings. The van der Waals surface area contributed by atoms with Gasteiger partial charge in [0.05, 0.1) is 6.04 Å². The van der Waals surface area contributed by atoms with E-state index in [4.69, 9.17) is 0 Å². The van der Waals surface area contributed by atoms with Crippen LogP contribution in [0.1, 0.15) is 19.8 Å². The molecule has 0 aromatic heterocycles. The molecule has 2 atom stereocenters. The SMILES string of the molecule is C[C@H](C(=O)N[C@@H]1CCCNC1=O)N1CCN(c2ccc(F)cc2)CC1. The highest BCUT2D eigenvalue weighted by atomic mass is 19.1. The highest BCUT2D eigenvalue weighted by Crippen LogP contribution is 2.18. The van der Waals surface area contributed by atoms with Crippen LogP contribution in [-0.4, -0.2) is 61.5 Å². The number of nitrogens with zero attached hydrogens (tertiary/aromatic N) is 2. The Morgan fingerprint density at radius 3 is 2.56 bits per heavy atom. The second-order valence-corrected chi connectivity index (χ2v) is 6.67. The van der Waals surface area contributed by atoms with Gasteiger partial charge in [-0.15, -0.1) is 0 Å². The van der Waals surface area contributed by atoms with Crippen molar-refractivity contribution in [2.24, 2.45) is 0 Å². The smallest absolute Gasteiger partial charge is 0.242 e. The largest absolute Gasteiger partial charge is 0.369 e. The van der Waals surface area contributed by atoms with Gasteiger partial charge in [0.15, 0.2) is 0 Å². The molecule has 0 bridgehead atoms. The first-order valence-corrected chi connectivity index (χ1v) is 8.87. The molecular weight excluding hydrogens is 323 g/mol. The summed E-state index contributed by atoms with van der Waals surface area (Å²) in [5.74, 6) is -0.426. The number of halogens is 1. The Morgan fingerprint density at radius 1 is 1.24 bits per heavy atom. The molecule has 3 rings (SSSR count). The number of rotatable bonds is 4. The van der Waals surface area contributed by atoms with Crippen molar-refractivity contribution in [3.8, 4) is 0 Å². The summed E-state index contributed by atoms with van der Waals surface area (Å²) in [4.78, 5) is 28.5. The molecule has 0 unspecified atom stereocenters. The summed E-state index contributed by atoms with van der Waals surface area (Å²) in [6.07, 6.45) is 1.59. The quantitative estimate of drug-likeness (QED) is 0.842. The van der Waals surface area contributed by atoms with E-state index >= 15 is 0 Å². The summed E-state index contributed by atoms with van der Waals surface area (Å²) < 4.78 is 13.0. The number of hydrogen-bond donors (Lipinski definition) is 2. The predicted octanol–water partition coefficient (Wildman–Crippen LogP) is 0.731. The molecular formula is C18H25FN4O2. The van der Waals surface area contributed by atoms with E-state index < -0.39 is 6.04 Å². The normalized spacial score (nSPS) is 23.0. The molecule has 0 aliphatic carbocycles. The summed E-state index contributed by atoms with van der Waals surface area (Å²) >= 11 is 0. The molecule has 2 heterocycles. The summed E-state index contributed by atoms with van der Waals surface area (Å²) in [5, 5.41) is 5.65. The van der Waals surface area contributed by atoms with Gasteiger partial charge in [0.1, 0.15) is 11.9 Å². The molecule has 2 aliphatic rings. The van der Waals surface area contributed by atoms with Gasteiger partial charge in [-0.2, -0.15) is 0 Å². The highest BCUT2D eigenvalue weighted by Gasteiger charge is 2.29. The van der Waals surface area contributed by atoms with Gasteiger partial charge in [0.25, 0.3) is 0 Å². The third-order valence-corrected chi connectivity index (χ3v) is 5.03. The molecule has 136 valence electrons. The molecule has 0 saturated carbocycles. The van der Waals surface area contributed by atoms with Crippen LogP contribution in [0.4, 0.5) is 10.1 Å². The number of piperazine rings is 1. The van der Waals surface area contributed by atoms with Crippen LogP contribution in [0.2, 0.25) is 0 Å². The zero-order valence-electron chi connectivity index (χ0n) is 14.5. The molecule has 1 aromatic carbocycles. The molecule has 0 radical (unpaired) electrons. The van der Waals surface area contributed by atoms with Gasteiger partial charge < -0.3 is 15.5 Å². The van der Waals surface area contributed by atoms with Crippen molar-refractivity contribution in [2.75, 3.05) is 37.6 Å². The number of nitrogens with one attached hydrogen (secondary N) is 2. The predicted molar refractivity (Wildman–Crippen MR) is 93.8 cm³/mol. The molecule has 25 heavy (non-hydrogen) atoms. The van der Waals surface area contributed by atoms with E-state index in [0.717, 1.165) is 38.3 Å². The first-order valence-electron chi connectivity index (χ1n) is 8.87. The van der Waals surface area contributed by atoms with Gasteiger partial charge in [-0.25, -0.2) is 4.39 Å². The first-order chi connectivity index (χ1) is 12.0. The lowest BCUT2D eigenvalue weighted by atomic mass is 10.1. The minimum atomic E-state index is -0.413. The monoisotopic (exact) mass is 348 g/mol. The van der Waals surface area contributed by atoms with E-state index in [9.17, 15) is 14.0 Å². The maximum absolute atomic E-state index is 13.0. The third-order valence-electron chi connectivity index (χ3n) is 5.03. The average molecular weight is 348 g/mol. The van der Waals surface area contributed by atoms with E-state index in [-0.39, 0.29) is 23.7 Å². The molecule has 1 aromatic rings. The van der Waals surface area contributed by atoms with Crippen molar-refractivity contribution < 1.29 is 14.0 Å². The van der Waals surface area contributed by atoms with E-state index in [1.165, 1.54) is 12.1 Å². The van der Waals surface area contributed by atoms with Crippen molar-refractivity contribution in [3.05, 3.63) is 30.1 Å². The Kier molecular flexibility index (Phi) is 5.53. The number of benzene rings is 1. The van der Waals surface area contributed by atoms with Crippen LogP contribution in [0.3, 0.4) is 0 Å². The van der Waals surface area contributed by atoms with E-state index in [1.807, 2.05) is 6.92 Å². The fourth-order valence-electron chi connectivity index (χ4n) is 3.39. The van der Waals surface area contributed by atoms with Gasteiger partial charge in [-0.1, -0.05) is 0 Å². The fourth-order valence-corrected chi connectivity index (χ4v) is 3.39. The molecule has 2 amide bonds. The van der Waals surface area contributed by atoms with Crippen molar-refractivity contribution in [1.29, 1.82) is 0 Å². The van der Waals surface area contributed by atoms with Crippen molar-refractivity contribution >= 4 is 17.5 Å². The van der Waals surface area contributed by atoms with Gasteiger partial charge in [0.2, 0.25) is 11.8 Å². The van der Waals surface area contributed by atoms with Crippen LogP contribution in [0.25, 0.3) is 0 Å². The Morgan fingerprint density at radius 2 is 1.92 bits per heavy atom. The summed E-state index contributed by atoms with van der Waals surface area (Å²) in [5.41, 5.74) is 0.997. The van der Waals surface area contributed by atoms with E-state index in [0.29, 0.717) is 13.0 Å². The zero-order valence-corrected chi connectivity index (χ0v) is 14.5. The van der Waals surface area contributed by atoms with Crippen LogP contribution >= 0.6 is 0 Å². The standard InChI is InChI=1S/C18H25FN4O2/c1-13(17(24)21-16-3-2-8-20-18(16)25)22-9-11-23(12-10-22)15-6-4-14(19)5-7-15/h4-7,13,16H,2-3,8-12H2,1H3,(H,20,25)(H,21,24)/t13-,16-/m1/s1. The lowest BCUT2D eigenvalue weighted by Crippen LogP contribution is -2.57. The van der Waals surface area contributed by atoms with Gasteiger partial charge >= 0.3 is 0 Å². The second-order valence-electron chi connectivity index (χ2n) is 6.67. The number of carbonyl (C=O) groups is 2. The third kappa shape index (κ3) is 4.28. The zero-order chi connectivity index (χ0) is 17.8. The number of amides is 2. The topological polar surface area (TPSA) is 64.7 Å². The summed E-state index contributed by atoms with van der Waals surface area (Å²) in [6.45, 7) is 5.64. The Labute approximate surface area is 147 Å². The average Bonchev–Trinajstić information content (AvgIpc) is 2.64. The van der Waals surface area contributed by atoms with Crippen LogP contribution in [0.15, 0.2) is 24.3 Å². The number of hydrogen-bond acceptors (Lipinski definition) is 4. The molecule has 7 heteroatoms. The molecule has 6 nitrogen and oxygen atoms in total. The van der Waals surface area contributed by atoms with Crippen LogP contribution < -0.4 is 15.5 Å². The Hall–Kier alpha value is -2.15.